The first-order valence-corrected chi connectivity index (χ1v) is 7.86. The summed E-state index contributed by atoms with van der Waals surface area (Å²) in [4.78, 5) is 0. The van der Waals surface area contributed by atoms with Crippen molar-refractivity contribution in [2.24, 2.45) is 0 Å². The van der Waals surface area contributed by atoms with Gasteiger partial charge in [0, 0.05) is 18.4 Å². The number of hydrogen-bond acceptors (Lipinski definition) is 3. The van der Waals surface area contributed by atoms with Gasteiger partial charge in [-0.15, -0.1) is 0 Å². The van der Waals surface area contributed by atoms with Crippen LogP contribution in [-0.2, 0) is 11.2 Å². The van der Waals surface area contributed by atoms with Gasteiger partial charge >= 0.3 is 0 Å². The van der Waals surface area contributed by atoms with E-state index in [-0.39, 0.29) is 17.8 Å². The smallest absolute Gasteiger partial charge is 0.123 e. The lowest BCUT2D eigenvalue weighted by Gasteiger charge is -2.47. The largest absolute Gasteiger partial charge is 0.490 e. The van der Waals surface area contributed by atoms with E-state index in [2.05, 4.69) is 6.07 Å². The van der Waals surface area contributed by atoms with Crippen molar-refractivity contribution in [2.45, 2.75) is 62.8 Å². The van der Waals surface area contributed by atoms with Gasteiger partial charge in [-0.25, -0.2) is 0 Å². The summed E-state index contributed by atoms with van der Waals surface area (Å²) >= 11 is 0. The summed E-state index contributed by atoms with van der Waals surface area (Å²) in [6.45, 7) is 0.822. The Morgan fingerprint density at radius 3 is 2.95 bits per heavy atom. The van der Waals surface area contributed by atoms with Crippen LogP contribution in [0.3, 0.4) is 0 Å². The van der Waals surface area contributed by atoms with Gasteiger partial charge in [-0.2, -0.15) is 0 Å². The summed E-state index contributed by atoms with van der Waals surface area (Å²) < 4.78 is 12.2. The molecule has 2 fully saturated rings. The minimum absolute atomic E-state index is 0.125. The highest BCUT2D eigenvalue weighted by atomic mass is 16.5. The molecular formula is C17H22O3. The van der Waals surface area contributed by atoms with Gasteiger partial charge in [0.15, 0.2) is 0 Å². The minimum atomic E-state index is -0.304. The summed E-state index contributed by atoms with van der Waals surface area (Å²) in [6, 6.07) is 6.08. The molecule has 0 radical (unpaired) electrons. The van der Waals surface area contributed by atoms with Crippen molar-refractivity contribution in [3.63, 3.8) is 0 Å². The first-order chi connectivity index (χ1) is 9.76. The van der Waals surface area contributed by atoms with Gasteiger partial charge in [0.1, 0.15) is 11.9 Å². The molecule has 1 N–H and O–H groups in total. The fourth-order valence-corrected chi connectivity index (χ4v) is 3.89. The first kappa shape index (κ1) is 12.7. The van der Waals surface area contributed by atoms with Gasteiger partial charge in [0.25, 0.3) is 0 Å². The predicted molar refractivity (Wildman–Crippen MR) is 75.9 cm³/mol. The predicted octanol–water partition coefficient (Wildman–Crippen LogP) is 3.15. The molecule has 2 atom stereocenters. The van der Waals surface area contributed by atoms with Crippen LogP contribution in [0.1, 0.15) is 55.8 Å². The number of fused-ring (bicyclic) bond motifs is 1. The lowest BCUT2D eigenvalue weighted by atomic mass is 9.74. The van der Waals surface area contributed by atoms with E-state index in [9.17, 15) is 5.11 Å². The second kappa shape index (κ2) is 4.74. The van der Waals surface area contributed by atoms with Crippen LogP contribution in [0.25, 0.3) is 0 Å². The summed E-state index contributed by atoms with van der Waals surface area (Å²) in [7, 11) is 0. The zero-order chi connectivity index (χ0) is 13.6. The molecule has 1 saturated heterocycles. The van der Waals surface area contributed by atoms with Crippen molar-refractivity contribution >= 4 is 0 Å². The highest BCUT2D eigenvalue weighted by molar-refractivity contribution is 5.44. The van der Waals surface area contributed by atoms with Crippen molar-refractivity contribution in [1.82, 2.24) is 0 Å². The molecule has 2 aliphatic carbocycles. The molecule has 1 saturated carbocycles. The monoisotopic (exact) mass is 274 g/mol. The normalized spacial score (nSPS) is 30.9. The zero-order valence-corrected chi connectivity index (χ0v) is 11.8. The maximum absolute atomic E-state index is 9.97. The number of ether oxygens (including phenoxy) is 2. The molecule has 0 aromatic heterocycles. The Morgan fingerprint density at radius 1 is 1.25 bits per heavy atom. The van der Waals surface area contributed by atoms with Crippen molar-refractivity contribution < 1.29 is 14.6 Å². The van der Waals surface area contributed by atoms with Gasteiger partial charge in [0.05, 0.1) is 18.3 Å². The molecule has 1 heterocycles. The molecule has 2 unspecified atom stereocenters. The molecule has 0 amide bonds. The lowest BCUT2D eigenvalue weighted by Crippen LogP contribution is -2.48. The number of aliphatic hydroxyl groups excluding tert-OH is 1. The Hall–Kier alpha value is -1.06. The second-order valence-electron chi connectivity index (χ2n) is 6.50. The van der Waals surface area contributed by atoms with Crippen LogP contribution < -0.4 is 4.74 Å². The Morgan fingerprint density at radius 2 is 2.15 bits per heavy atom. The summed E-state index contributed by atoms with van der Waals surface area (Å²) in [5.41, 5.74) is 2.41. The third-order valence-corrected chi connectivity index (χ3v) is 5.20. The molecule has 0 bridgehead atoms. The molecule has 108 valence electrons. The van der Waals surface area contributed by atoms with E-state index >= 15 is 0 Å². The summed E-state index contributed by atoms with van der Waals surface area (Å²) in [5, 5.41) is 9.97. The lowest BCUT2D eigenvalue weighted by molar-refractivity contribution is -0.153. The highest BCUT2D eigenvalue weighted by Gasteiger charge is 2.43. The highest BCUT2D eigenvalue weighted by Crippen LogP contribution is 2.44. The van der Waals surface area contributed by atoms with Crippen molar-refractivity contribution in [3.05, 3.63) is 29.3 Å². The van der Waals surface area contributed by atoms with Gasteiger partial charge < -0.3 is 14.6 Å². The van der Waals surface area contributed by atoms with E-state index in [4.69, 9.17) is 9.47 Å². The van der Waals surface area contributed by atoms with Crippen molar-refractivity contribution in [2.75, 3.05) is 6.61 Å². The summed E-state index contributed by atoms with van der Waals surface area (Å²) in [6.07, 6.45) is 7.41. The van der Waals surface area contributed by atoms with E-state index in [0.29, 0.717) is 0 Å². The van der Waals surface area contributed by atoms with Gasteiger partial charge in [-0.3, -0.25) is 0 Å². The third kappa shape index (κ3) is 2.04. The Kier molecular flexibility index (Phi) is 3.00. The van der Waals surface area contributed by atoms with Crippen LogP contribution in [0.2, 0.25) is 0 Å². The minimum Gasteiger partial charge on any atom is -0.490 e. The number of benzene rings is 1. The SMILES string of the molecule is OC1CCc2c(OC3CCOC4(CCC4)C3)cccc21. The third-order valence-electron chi connectivity index (χ3n) is 5.20. The Bertz CT molecular complexity index is 507. The van der Waals surface area contributed by atoms with Crippen LogP contribution in [-0.4, -0.2) is 23.4 Å². The van der Waals surface area contributed by atoms with Crippen LogP contribution in [0, 0.1) is 0 Å². The average molecular weight is 274 g/mol. The molecule has 1 aromatic carbocycles. The molecule has 1 spiro atoms. The molecule has 3 aliphatic rings. The topological polar surface area (TPSA) is 38.7 Å². The first-order valence-electron chi connectivity index (χ1n) is 7.86. The van der Waals surface area contributed by atoms with E-state index < -0.39 is 0 Å². The molecule has 1 aromatic rings. The maximum Gasteiger partial charge on any atom is 0.123 e. The molecule has 20 heavy (non-hydrogen) atoms. The van der Waals surface area contributed by atoms with E-state index in [0.717, 1.165) is 43.6 Å². The Balaban J connectivity index is 1.52. The summed E-state index contributed by atoms with van der Waals surface area (Å²) in [5.74, 6) is 0.987. The van der Waals surface area contributed by atoms with E-state index in [1.807, 2.05) is 12.1 Å². The maximum atomic E-state index is 9.97. The number of aliphatic hydroxyl groups is 1. The molecule has 3 nitrogen and oxygen atoms in total. The Labute approximate surface area is 119 Å². The molecular weight excluding hydrogens is 252 g/mol. The quantitative estimate of drug-likeness (QED) is 0.900. The van der Waals surface area contributed by atoms with Gasteiger partial charge in [-0.1, -0.05) is 12.1 Å². The fourth-order valence-electron chi connectivity index (χ4n) is 3.89. The van der Waals surface area contributed by atoms with Gasteiger partial charge in [0.2, 0.25) is 0 Å². The van der Waals surface area contributed by atoms with E-state index in [1.54, 1.807) is 0 Å². The van der Waals surface area contributed by atoms with Crippen molar-refractivity contribution in [1.29, 1.82) is 0 Å². The van der Waals surface area contributed by atoms with Crippen LogP contribution in [0.15, 0.2) is 18.2 Å². The van der Waals surface area contributed by atoms with E-state index in [1.165, 1.54) is 24.8 Å². The number of rotatable bonds is 2. The number of hydrogen-bond donors (Lipinski definition) is 1. The standard InChI is InChI=1S/C17H22O3/c18-15-6-5-14-13(15)3-1-4-16(14)20-12-7-10-19-17(11-12)8-2-9-17/h1,3-4,12,15,18H,2,5-11H2. The average Bonchev–Trinajstić information content (AvgIpc) is 2.81. The zero-order valence-electron chi connectivity index (χ0n) is 11.8. The van der Waals surface area contributed by atoms with Crippen molar-refractivity contribution in [3.8, 4) is 5.75 Å². The fraction of sp³-hybridized carbons (Fsp3) is 0.647. The molecule has 3 heteroatoms. The second-order valence-corrected chi connectivity index (χ2v) is 6.50. The van der Waals surface area contributed by atoms with Crippen LogP contribution in [0.5, 0.6) is 5.75 Å². The molecule has 4 rings (SSSR count). The molecule has 1 aliphatic heterocycles. The van der Waals surface area contributed by atoms with Gasteiger partial charge in [-0.05, 0) is 43.7 Å². The van der Waals surface area contributed by atoms with Crippen LogP contribution in [0.4, 0.5) is 0 Å². The van der Waals surface area contributed by atoms with Crippen LogP contribution >= 0.6 is 0 Å².